The Hall–Kier alpha value is -5.87. The maximum atomic E-state index is 14.9. The molecule has 0 spiro atoms. The molecule has 0 aromatic heterocycles. The maximum Gasteiger partial charge on any atom is 0.417 e. The van der Waals surface area contributed by atoms with E-state index in [-0.39, 0.29) is 10.8 Å². The smallest absolute Gasteiger partial charge is 0.310 e. The zero-order chi connectivity index (χ0) is 34.2. The summed E-state index contributed by atoms with van der Waals surface area (Å²) in [5.41, 5.74) is 8.50. The number of fused-ring (bicyclic) bond motifs is 9. The van der Waals surface area contributed by atoms with Crippen LogP contribution in [-0.2, 0) is 11.6 Å². The molecule has 0 radical (unpaired) electrons. The van der Waals surface area contributed by atoms with Gasteiger partial charge in [-0.25, -0.2) is 0 Å². The lowest BCUT2D eigenvalue weighted by Gasteiger charge is -2.28. The number of alkyl halides is 3. The lowest BCUT2D eigenvalue weighted by atomic mass is 9.82. The lowest BCUT2D eigenvalue weighted by molar-refractivity contribution is -0.136. The van der Waals surface area contributed by atoms with Crippen LogP contribution < -0.4 is 4.90 Å². The van der Waals surface area contributed by atoms with Gasteiger partial charge in [0.2, 0.25) is 0 Å². The Morgan fingerprint density at radius 2 is 0.980 bits per heavy atom. The van der Waals surface area contributed by atoms with Crippen molar-refractivity contribution in [2.45, 2.75) is 25.4 Å². The third-order valence-corrected chi connectivity index (χ3v) is 10.4. The summed E-state index contributed by atoms with van der Waals surface area (Å²) in [5, 5.41) is 4.01. The number of anilines is 3. The number of hydrogen-bond donors (Lipinski definition) is 0. The van der Waals surface area contributed by atoms with Crippen LogP contribution >= 0.6 is 0 Å². The molecule has 0 amide bonds. The molecule has 0 fully saturated rings. The van der Waals surface area contributed by atoms with E-state index >= 15 is 0 Å². The van der Waals surface area contributed by atoms with Crippen molar-refractivity contribution in [1.29, 1.82) is 0 Å². The van der Waals surface area contributed by atoms with Gasteiger partial charge < -0.3 is 4.90 Å². The zero-order valence-electron chi connectivity index (χ0n) is 27.6. The van der Waals surface area contributed by atoms with E-state index in [2.05, 4.69) is 73.3 Å². The SMILES string of the molecule is CC1(C)c2ccccc2-c2ccc(N(c3ccccc3)c3ccc(-c4cc(C(F)(F)F)c5c6ccccc6c6ccccc6c5c4)cc3)cc21. The van der Waals surface area contributed by atoms with E-state index in [1.165, 1.54) is 28.3 Å². The summed E-state index contributed by atoms with van der Waals surface area (Å²) in [4.78, 5) is 2.21. The quantitative estimate of drug-likeness (QED) is 0.171. The molecule has 0 atom stereocenters. The van der Waals surface area contributed by atoms with E-state index in [0.29, 0.717) is 16.3 Å². The Morgan fingerprint density at radius 3 is 1.68 bits per heavy atom. The fourth-order valence-corrected chi connectivity index (χ4v) is 8.08. The van der Waals surface area contributed by atoms with Crippen LogP contribution in [0, 0.1) is 0 Å². The van der Waals surface area contributed by atoms with Gasteiger partial charge in [0, 0.05) is 27.9 Å². The summed E-state index contributed by atoms with van der Waals surface area (Å²) >= 11 is 0. The van der Waals surface area contributed by atoms with Gasteiger partial charge in [0.05, 0.1) is 5.56 Å². The monoisotopic (exact) mass is 655 g/mol. The van der Waals surface area contributed by atoms with Crippen LogP contribution in [0.5, 0.6) is 0 Å². The first kappa shape index (κ1) is 30.2. The molecule has 8 aromatic carbocycles. The third-order valence-electron chi connectivity index (χ3n) is 10.4. The highest BCUT2D eigenvalue weighted by Crippen LogP contribution is 2.51. The number of halogens is 3. The van der Waals surface area contributed by atoms with Crippen LogP contribution in [0.3, 0.4) is 0 Å². The average molecular weight is 656 g/mol. The number of benzene rings is 8. The molecular weight excluding hydrogens is 624 g/mol. The summed E-state index contributed by atoms with van der Waals surface area (Å²) in [6.45, 7) is 4.54. The van der Waals surface area contributed by atoms with Crippen LogP contribution in [0.4, 0.5) is 30.2 Å². The Labute approximate surface area is 288 Å². The van der Waals surface area contributed by atoms with Crippen molar-refractivity contribution in [2.75, 3.05) is 4.90 Å². The molecular formula is C46H32F3N. The normalized spacial score (nSPS) is 13.5. The predicted octanol–water partition coefficient (Wildman–Crippen LogP) is 13.6. The van der Waals surface area contributed by atoms with Gasteiger partial charge in [-0.3, -0.25) is 0 Å². The van der Waals surface area contributed by atoms with E-state index in [1.54, 1.807) is 6.07 Å². The van der Waals surface area contributed by atoms with E-state index in [4.69, 9.17) is 0 Å². The van der Waals surface area contributed by atoms with Crippen LogP contribution in [-0.4, -0.2) is 0 Å². The highest BCUT2D eigenvalue weighted by molar-refractivity contribution is 6.26. The molecule has 0 unspecified atom stereocenters. The number of hydrogen-bond acceptors (Lipinski definition) is 1. The Bertz CT molecular complexity index is 2600. The highest BCUT2D eigenvalue weighted by Gasteiger charge is 2.36. The summed E-state index contributed by atoms with van der Waals surface area (Å²) in [6, 6.07) is 51.7. The van der Waals surface area contributed by atoms with Gasteiger partial charge in [-0.1, -0.05) is 123 Å². The van der Waals surface area contributed by atoms with Crippen molar-refractivity contribution in [3.8, 4) is 22.3 Å². The average Bonchev–Trinajstić information content (AvgIpc) is 3.37. The molecule has 0 saturated carbocycles. The number of nitrogens with zero attached hydrogens (tertiary/aromatic N) is 1. The largest absolute Gasteiger partial charge is 0.417 e. The van der Waals surface area contributed by atoms with Crippen LogP contribution in [0.2, 0.25) is 0 Å². The topological polar surface area (TPSA) is 3.24 Å². The van der Waals surface area contributed by atoms with Crippen LogP contribution in [0.15, 0.2) is 158 Å². The second kappa shape index (κ2) is 11.1. The molecule has 1 nitrogen and oxygen atoms in total. The second-order valence-corrected chi connectivity index (χ2v) is 13.7. The second-order valence-electron chi connectivity index (χ2n) is 13.7. The first-order valence-electron chi connectivity index (χ1n) is 16.8. The van der Waals surface area contributed by atoms with Gasteiger partial charge in [0.25, 0.3) is 0 Å². The van der Waals surface area contributed by atoms with E-state index < -0.39 is 11.7 Å². The van der Waals surface area contributed by atoms with Gasteiger partial charge in [-0.2, -0.15) is 13.2 Å². The van der Waals surface area contributed by atoms with Crippen molar-refractivity contribution in [3.63, 3.8) is 0 Å². The van der Waals surface area contributed by atoms with E-state index in [9.17, 15) is 13.2 Å². The fourth-order valence-electron chi connectivity index (χ4n) is 8.08. The molecule has 50 heavy (non-hydrogen) atoms. The van der Waals surface area contributed by atoms with Gasteiger partial charge >= 0.3 is 6.18 Å². The first-order valence-corrected chi connectivity index (χ1v) is 16.8. The van der Waals surface area contributed by atoms with Crippen LogP contribution in [0.1, 0.15) is 30.5 Å². The van der Waals surface area contributed by atoms with Gasteiger partial charge in [0.1, 0.15) is 0 Å². The molecule has 0 saturated heterocycles. The van der Waals surface area contributed by atoms with Gasteiger partial charge in [-0.15, -0.1) is 0 Å². The Balaban J connectivity index is 1.20. The summed E-state index contributed by atoms with van der Waals surface area (Å²) in [5.74, 6) is 0. The minimum absolute atomic E-state index is 0.157. The number of para-hydroxylation sites is 1. The van der Waals surface area contributed by atoms with E-state index in [1.807, 2.05) is 91.0 Å². The van der Waals surface area contributed by atoms with Crippen molar-refractivity contribution in [1.82, 2.24) is 0 Å². The van der Waals surface area contributed by atoms with Crippen molar-refractivity contribution >= 4 is 49.4 Å². The molecule has 0 bridgehead atoms. The van der Waals surface area contributed by atoms with Crippen molar-refractivity contribution in [2.24, 2.45) is 0 Å². The molecule has 9 rings (SSSR count). The van der Waals surface area contributed by atoms with E-state index in [0.717, 1.165) is 38.8 Å². The zero-order valence-corrected chi connectivity index (χ0v) is 27.6. The van der Waals surface area contributed by atoms with Crippen LogP contribution in [0.25, 0.3) is 54.6 Å². The minimum atomic E-state index is -4.54. The molecule has 0 N–H and O–H groups in total. The third kappa shape index (κ3) is 4.63. The predicted molar refractivity (Wildman–Crippen MR) is 202 cm³/mol. The van der Waals surface area contributed by atoms with Gasteiger partial charge in [-0.05, 0) is 109 Å². The van der Waals surface area contributed by atoms with Crippen molar-refractivity contribution < 1.29 is 13.2 Å². The van der Waals surface area contributed by atoms with Crippen molar-refractivity contribution in [3.05, 3.63) is 174 Å². The Kier molecular flexibility index (Phi) is 6.69. The summed E-state index contributed by atoms with van der Waals surface area (Å²) in [7, 11) is 0. The standard InChI is InChI=1S/C46H32F3N/c1-45(2)41-19-11-10-17-37(41)38-25-24-33(28-42(38)45)50(31-12-4-3-5-13-31)32-22-20-29(21-23-32)30-26-40-36-16-7-6-14-34(36)35-15-8-9-18-39(35)44(40)43(27-30)46(47,48)49/h3-28H,1-2H3. The maximum absolute atomic E-state index is 14.9. The Morgan fingerprint density at radius 1 is 0.440 bits per heavy atom. The minimum Gasteiger partial charge on any atom is -0.310 e. The molecule has 0 heterocycles. The molecule has 8 aromatic rings. The molecule has 242 valence electrons. The van der Waals surface area contributed by atoms with Gasteiger partial charge in [0.15, 0.2) is 0 Å². The fraction of sp³-hybridized carbons (Fsp3) is 0.0870. The molecule has 4 heteroatoms. The molecule has 0 aliphatic heterocycles. The summed E-state index contributed by atoms with van der Waals surface area (Å²) < 4.78 is 44.7. The molecule has 1 aliphatic carbocycles. The summed E-state index contributed by atoms with van der Waals surface area (Å²) in [6.07, 6.45) is -4.54. The lowest BCUT2D eigenvalue weighted by Crippen LogP contribution is -2.16. The number of rotatable bonds is 4. The molecule has 1 aliphatic rings. The highest BCUT2D eigenvalue weighted by atomic mass is 19.4. The first-order chi connectivity index (χ1) is 24.2.